The fourth-order valence-electron chi connectivity index (χ4n) is 2.11. The summed E-state index contributed by atoms with van der Waals surface area (Å²) in [7, 11) is 0. The maximum atomic E-state index is 11.4. The second-order valence-corrected chi connectivity index (χ2v) is 4.73. The molecule has 1 aliphatic rings. The molecule has 2 N–H and O–H groups in total. The quantitative estimate of drug-likeness (QED) is 0.698. The summed E-state index contributed by atoms with van der Waals surface area (Å²) in [4.78, 5) is 21.7. The van der Waals surface area contributed by atoms with Gasteiger partial charge in [-0.15, -0.1) is 0 Å². The van der Waals surface area contributed by atoms with E-state index in [4.69, 9.17) is 5.11 Å². The van der Waals surface area contributed by atoms with E-state index in [1.165, 1.54) is 19.3 Å². The summed E-state index contributed by atoms with van der Waals surface area (Å²) in [6, 6.07) is 0. The van der Waals surface area contributed by atoms with Crippen LogP contribution in [0.4, 0.5) is 0 Å². The first-order chi connectivity index (χ1) is 7.58. The highest BCUT2D eigenvalue weighted by molar-refractivity contribution is 5.76. The van der Waals surface area contributed by atoms with Crippen molar-refractivity contribution in [2.75, 3.05) is 6.54 Å². The minimum atomic E-state index is -0.836. The first kappa shape index (κ1) is 13.0. The van der Waals surface area contributed by atoms with Gasteiger partial charge in [0.05, 0.1) is 0 Å². The van der Waals surface area contributed by atoms with Crippen LogP contribution in [0.3, 0.4) is 0 Å². The fourth-order valence-corrected chi connectivity index (χ4v) is 2.11. The van der Waals surface area contributed by atoms with E-state index in [-0.39, 0.29) is 12.3 Å². The summed E-state index contributed by atoms with van der Waals surface area (Å²) >= 11 is 0. The number of hydrogen-bond donors (Lipinski definition) is 2. The summed E-state index contributed by atoms with van der Waals surface area (Å²) in [6.45, 7) is 2.92. The van der Waals surface area contributed by atoms with Crippen molar-refractivity contribution in [1.29, 1.82) is 0 Å². The molecular formula is C12H21NO3. The molecule has 0 atom stereocenters. The van der Waals surface area contributed by atoms with Crippen LogP contribution in [-0.2, 0) is 9.59 Å². The van der Waals surface area contributed by atoms with E-state index in [0.717, 1.165) is 13.0 Å². The SMILES string of the molecule is CCC1(CNC(=O)CCCC(=O)O)CCC1. The number of amides is 1. The predicted molar refractivity (Wildman–Crippen MR) is 61.1 cm³/mol. The molecule has 0 aromatic carbocycles. The van der Waals surface area contributed by atoms with Gasteiger partial charge in [-0.25, -0.2) is 0 Å². The van der Waals surface area contributed by atoms with Crippen LogP contribution in [0, 0.1) is 5.41 Å². The normalized spacial score (nSPS) is 17.6. The van der Waals surface area contributed by atoms with Crippen molar-refractivity contribution in [3.8, 4) is 0 Å². The van der Waals surface area contributed by atoms with Gasteiger partial charge >= 0.3 is 5.97 Å². The van der Waals surface area contributed by atoms with Gasteiger partial charge in [0.25, 0.3) is 0 Å². The van der Waals surface area contributed by atoms with Gasteiger partial charge in [-0.2, -0.15) is 0 Å². The van der Waals surface area contributed by atoms with Gasteiger partial charge in [-0.1, -0.05) is 13.3 Å². The molecule has 0 aliphatic heterocycles. The van der Waals surface area contributed by atoms with Crippen LogP contribution in [0.25, 0.3) is 0 Å². The molecule has 0 aromatic heterocycles. The molecule has 4 nitrogen and oxygen atoms in total. The smallest absolute Gasteiger partial charge is 0.303 e. The predicted octanol–water partition coefficient (Wildman–Crippen LogP) is 1.94. The van der Waals surface area contributed by atoms with Crippen LogP contribution < -0.4 is 5.32 Å². The number of carbonyl (C=O) groups excluding carboxylic acids is 1. The van der Waals surface area contributed by atoms with Gasteiger partial charge in [-0.3, -0.25) is 9.59 Å². The molecular weight excluding hydrogens is 206 g/mol. The molecule has 0 heterocycles. The number of nitrogens with one attached hydrogen (secondary N) is 1. The highest BCUT2D eigenvalue weighted by atomic mass is 16.4. The highest BCUT2D eigenvalue weighted by Gasteiger charge is 2.34. The maximum absolute atomic E-state index is 11.4. The Balaban J connectivity index is 2.12. The minimum absolute atomic E-state index is 0.0130. The van der Waals surface area contributed by atoms with E-state index in [9.17, 15) is 9.59 Å². The second-order valence-electron chi connectivity index (χ2n) is 4.73. The van der Waals surface area contributed by atoms with E-state index < -0.39 is 5.97 Å². The Morgan fingerprint density at radius 1 is 1.31 bits per heavy atom. The highest BCUT2D eigenvalue weighted by Crippen LogP contribution is 2.42. The summed E-state index contributed by atoms with van der Waals surface area (Å²) < 4.78 is 0. The summed E-state index contributed by atoms with van der Waals surface area (Å²) in [5.41, 5.74) is 0.336. The molecule has 0 bridgehead atoms. The Hall–Kier alpha value is -1.06. The number of carboxylic acid groups (broad SMARTS) is 1. The molecule has 0 unspecified atom stereocenters. The van der Waals surface area contributed by atoms with Gasteiger partial charge in [-0.05, 0) is 31.1 Å². The van der Waals surface area contributed by atoms with Crippen LogP contribution >= 0.6 is 0 Å². The zero-order chi connectivity index (χ0) is 12.0. The Morgan fingerprint density at radius 2 is 2.00 bits per heavy atom. The first-order valence-electron chi connectivity index (χ1n) is 6.06. The Labute approximate surface area is 96.4 Å². The van der Waals surface area contributed by atoms with Crippen molar-refractivity contribution in [2.45, 2.75) is 51.9 Å². The number of hydrogen-bond acceptors (Lipinski definition) is 2. The van der Waals surface area contributed by atoms with E-state index >= 15 is 0 Å². The van der Waals surface area contributed by atoms with Gasteiger partial charge in [0.1, 0.15) is 0 Å². The second kappa shape index (κ2) is 5.87. The van der Waals surface area contributed by atoms with Gasteiger partial charge in [0.15, 0.2) is 0 Å². The van der Waals surface area contributed by atoms with Crippen LogP contribution in [-0.4, -0.2) is 23.5 Å². The van der Waals surface area contributed by atoms with Crippen LogP contribution in [0.2, 0.25) is 0 Å². The lowest BCUT2D eigenvalue weighted by molar-refractivity contribution is -0.137. The van der Waals surface area contributed by atoms with Crippen LogP contribution in [0.1, 0.15) is 51.9 Å². The molecule has 1 rings (SSSR count). The van der Waals surface area contributed by atoms with E-state index in [1.54, 1.807) is 0 Å². The Morgan fingerprint density at radius 3 is 2.44 bits per heavy atom. The third-order valence-electron chi connectivity index (χ3n) is 3.62. The third kappa shape index (κ3) is 3.83. The lowest BCUT2D eigenvalue weighted by atomic mass is 9.67. The van der Waals surface area contributed by atoms with Crippen molar-refractivity contribution in [1.82, 2.24) is 5.32 Å². The van der Waals surface area contributed by atoms with Crippen molar-refractivity contribution >= 4 is 11.9 Å². The summed E-state index contributed by atoms with van der Waals surface area (Å²) in [6.07, 6.45) is 5.63. The number of carboxylic acids is 1. The van der Waals surface area contributed by atoms with Gasteiger partial charge in [0, 0.05) is 19.4 Å². The molecule has 4 heteroatoms. The summed E-state index contributed by atoms with van der Waals surface area (Å²) in [5, 5.41) is 11.4. The van der Waals surface area contributed by atoms with E-state index in [2.05, 4.69) is 12.2 Å². The van der Waals surface area contributed by atoms with Crippen molar-refractivity contribution in [3.05, 3.63) is 0 Å². The van der Waals surface area contributed by atoms with Crippen molar-refractivity contribution < 1.29 is 14.7 Å². The maximum Gasteiger partial charge on any atom is 0.303 e. The average Bonchev–Trinajstić information content (AvgIpc) is 2.16. The number of aliphatic carboxylic acids is 1. The average molecular weight is 227 g/mol. The minimum Gasteiger partial charge on any atom is -0.481 e. The standard InChI is InChI=1S/C12H21NO3/c1-2-12(7-4-8-12)9-13-10(14)5-3-6-11(15)16/h2-9H2,1H3,(H,13,14)(H,15,16). The topological polar surface area (TPSA) is 66.4 Å². The van der Waals surface area contributed by atoms with Gasteiger partial charge < -0.3 is 10.4 Å². The number of carbonyl (C=O) groups is 2. The van der Waals surface area contributed by atoms with Crippen LogP contribution in [0.5, 0.6) is 0 Å². The zero-order valence-corrected chi connectivity index (χ0v) is 9.92. The molecule has 0 spiro atoms. The molecule has 1 saturated carbocycles. The van der Waals surface area contributed by atoms with Crippen LogP contribution in [0.15, 0.2) is 0 Å². The molecule has 0 aromatic rings. The van der Waals surface area contributed by atoms with Crippen molar-refractivity contribution in [3.63, 3.8) is 0 Å². The lowest BCUT2D eigenvalue weighted by Gasteiger charge is -2.41. The molecule has 0 saturated heterocycles. The first-order valence-corrected chi connectivity index (χ1v) is 6.06. The summed E-state index contributed by atoms with van der Waals surface area (Å²) in [5.74, 6) is -0.849. The molecule has 1 aliphatic carbocycles. The largest absolute Gasteiger partial charge is 0.481 e. The van der Waals surface area contributed by atoms with Gasteiger partial charge in [0.2, 0.25) is 5.91 Å². The zero-order valence-electron chi connectivity index (χ0n) is 9.92. The lowest BCUT2D eigenvalue weighted by Crippen LogP contribution is -2.41. The van der Waals surface area contributed by atoms with E-state index in [1.807, 2.05) is 0 Å². The monoisotopic (exact) mass is 227 g/mol. The molecule has 92 valence electrons. The number of rotatable bonds is 7. The molecule has 1 amide bonds. The Kier molecular flexibility index (Phi) is 4.77. The molecule has 1 fully saturated rings. The fraction of sp³-hybridized carbons (Fsp3) is 0.833. The Bertz CT molecular complexity index is 253. The molecule has 0 radical (unpaired) electrons. The molecule has 16 heavy (non-hydrogen) atoms. The third-order valence-corrected chi connectivity index (χ3v) is 3.62. The van der Waals surface area contributed by atoms with E-state index in [0.29, 0.717) is 18.3 Å². The van der Waals surface area contributed by atoms with Crippen molar-refractivity contribution in [2.24, 2.45) is 5.41 Å².